The second-order valence-corrected chi connectivity index (χ2v) is 4.85. The molecule has 0 saturated heterocycles. The van der Waals surface area contributed by atoms with Gasteiger partial charge in [-0.15, -0.1) is 12.4 Å². The molecule has 0 aliphatic heterocycles. The van der Waals surface area contributed by atoms with Crippen molar-refractivity contribution in [1.29, 1.82) is 0 Å². The first-order valence-electron chi connectivity index (χ1n) is 6.27. The Bertz CT molecular complexity index is 409. The minimum absolute atomic E-state index is 0. The quantitative estimate of drug-likeness (QED) is 0.835. The Hall–Kier alpha value is -0.860. The van der Waals surface area contributed by atoms with Crippen LogP contribution in [0.25, 0.3) is 0 Å². The van der Waals surface area contributed by atoms with E-state index >= 15 is 0 Å². The normalized spacial score (nSPS) is 15.4. The van der Waals surface area contributed by atoms with Gasteiger partial charge in [0.1, 0.15) is 0 Å². The summed E-state index contributed by atoms with van der Waals surface area (Å²) in [6, 6.07) is 0. The Morgan fingerprint density at radius 1 is 1.35 bits per heavy atom. The molecule has 20 heavy (non-hydrogen) atoms. The summed E-state index contributed by atoms with van der Waals surface area (Å²) in [5, 5.41) is 3.71. The highest BCUT2D eigenvalue weighted by Crippen LogP contribution is 2.30. The predicted molar refractivity (Wildman–Crippen MR) is 68.1 cm³/mol. The van der Waals surface area contributed by atoms with Crippen LogP contribution in [-0.2, 0) is 13.1 Å². The SMILES string of the molecule is Cl.NCc1nc(CN(CCC(F)(F)F)CC2CC2)no1. The van der Waals surface area contributed by atoms with Crippen LogP contribution in [0.5, 0.6) is 0 Å². The van der Waals surface area contributed by atoms with E-state index in [0.29, 0.717) is 24.2 Å². The molecule has 0 amide bonds. The molecular weight excluding hydrogens is 297 g/mol. The van der Waals surface area contributed by atoms with E-state index in [-0.39, 0.29) is 32.0 Å². The van der Waals surface area contributed by atoms with Gasteiger partial charge >= 0.3 is 6.18 Å². The number of hydrogen-bond acceptors (Lipinski definition) is 5. The highest BCUT2D eigenvalue weighted by Gasteiger charge is 2.30. The number of halogens is 4. The van der Waals surface area contributed by atoms with E-state index in [0.717, 1.165) is 12.8 Å². The van der Waals surface area contributed by atoms with Gasteiger partial charge in [0, 0.05) is 13.1 Å². The van der Waals surface area contributed by atoms with Crippen LogP contribution in [0, 0.1) is 5.92 Å². The summed E-state index contributed by atoms with van der Waals surface area (Å²) in [5.41, 5.74) is 5.34. The minimum atomic E-state index is -4.14. The van der Waals surface area contributed by atoms with Crippen LogP contribution in [0.3, 0.4) is 0 Å². The number of rotatable bonds is 7. The summed E-state index contributed by atoms with van der Waals surface area (Å²) in [4.78, 5) is 5.75. The zero-order chi connectivity index (χ0) is 13.9. The van der Waals surface area contributed by atoms with Crippen LogP contribution in [-0.4, -0.2) is 34.3 Å². The van der Waals surface area contributed by atoms with Crippen LogP contribution in [0.15, 0.2) is 4.52 Å². The molecule has 1 aliphatic rings. The van der Waals surface area contributed by atoms with Crippen molar-refractivity contribution in [2.24, 2.45) is 11.7 Å². The predicted octanol–water partition coefficient (Wildman–Crippen LogP) is 2.11. The fourth-order valence-corrected chi connectivity index (χ4v) is 1.82. The van der Waals surface area contributed by atoms with Crippen molar-refractivity contribution < 1.29 is 17.7 Å². The number of aromatic nitrogens is 2. The number of alkyl halides is 3. The average Bonchev–Trinajstić information content (AvgIpc) is 3.02. The van der Waals surface area contributed by atoms with Gasteiger partial charge in [0.25, 0.3) is 0 Å². The summed E-state index contributed by atoms with van der Waals surface area (Å²) in [5.74, 6) is 1.20. The summed E-state index contributed by atoms with van der Waals surface area (Å²) >= 11 is 0. The lowest BCUT2D eigenvalue weighted by Crippen LogP contribution is -2.30. The molecule has 116 valence electrons. The van der Waals surface area contributed by atoms with Crippen molar-refractivity contribution in [2.75, 3.05) is 13.1 Å². The first-order valence-corrected chi connectivity index (χ1v) is 6.27. The molecule has 0 spiro atoms. The monoisotopic (exact) mass is 314 g/mol. The Balaban J connectivity index is 0.00000200. The Labute approximate surface area is 121 Å². The lowest BCUT2D eigenvalue weighted by Gasteiger charge is -2.21. The largest absolute Gasteiger partial charge is 0.390 e. The van der Waals surface area contributed by atoms with Gasteiger partial charge in [-0.2, -0.15) is 18.2 Å². The summed E-state index contributed by atoms with van der Waals surface area (Å²) in [6.45, 7) is 1.03. The third-order valence-corrected chi connectivity index (χ3v) is 2.97. The molecule has 1 aliphatic carbocycles. The Morgan fingerprint density at radius 2 is 2.05 bits per heavy atom. The third kappa shape index (κ3) is 6.06. The number of nitrogens with zero attached hydrogens (tertiary/aromatic N) is 3. The molecule has 1 aromatic rings. The van der Waals surface area contributed by atoms with Gasteiger partial charge in [-0.25, -0.2) is 0 Å². The zero-order valence-corrected chi connectivity index (χ0v) is 11.7. The third-order valence-electron chi connectivity index (χ3n) is 2.97. The lowest BCUT2D eigenvalue weighted by atomic mass is 10.3. The molecular formula is C11H18ClF3N4O. The number of nitrogens with two attached hydrogens (primary N) is 1. The highest BCUT2D eigenvalue weighted by atomic mass is 35.5. The van der Waals surface area contributed by atoms with Crippen molar-refractivity contribution in [3.63, 3.8) is 0 Å². The molecule has 2 N–H and O–H groups in total. The highest BCUT2D eigenvalue weighted by molar-refractivity contribution is 5.85. The van der Waals surface area contributed by atoms with Gasteiger partial charge in [0.2, 0.25) is 5.89 Å². The van der Waals surface area contributed by atoms with Crippen molar-refractivity contribution in [3.05, 3.63) is 11.7 Å². The topological polar surface area (TPSA) is 68.2 Å². The smallest absolute Gasteiger partial charge is 0.338 e. The fourth-order valence-electron chi connectivity index (χ4n) is 1.82. The van der Waals surface area contributed by atoms with E-state index in [9.17, 15) is 13.2 Å². The first-order chi connectivity index (χ1) is 8.96. The summed E-state index contributed by atoms with van der Waals surface area (Å²) in [7, 11) is 0. The zero-order valence-electron chi connectivity index (χ0n) is 10.9. The maximum absolute atomic E-state index is 12.3. The van der Waals surface area contributed by atoms with Gasteiger partial charge < -0.3 is 10.3 Å². The molecule has 0 unspecified atom stereocenters. The fraction of sp³-hybridized carbons (Fsp3) is 0.818. The Morgan fingerprint density at radius 3 is 2.55 bits per heavy atom. The van der Waals surface area contributed by atoms with Crippen LogP contribution < -0.4 is 5.73 Å². The molecule has 0 aromatic carbocycles. The number of hydrogen-bond donors (Lipinski definition) is 1. The second-order valence-electron chi connectivity index (χ2n) is 4.85. The molecule has 1 saturated carbocycles. The van der Waals surface area contributed by atoms with Crippen molar-refractivity contribution >= 4 is 12.4 Å². The molecule has 1 aromatic heterocycles. The molecule has 0 atom stereocenters. The summed E-state index contributed by atoms with van der Waals surface area (Å²) < 4.78 is 41.7. The van der Waals surface area contributed by atoms with E-state index in [2.05, 4.69) is 10.1 Å². The van der Waals surface area contributed by atoms with Crippen LogP contribution in [0.1, 0.15) is 31.0 Å². The van der Waals surface area contributed by atoms with E-state index in [1.807, 2.05) is 0 Å². The Kier molecular flexibility index (Phi) is 6.22. The second kappa shape index (κ2) is 7.24. The van der Waals surface area contributed by atoms with Crippen LogP contribution in [0.4, 0.5) is 13.2 Å². The lowest BCUT2D eigenvalue weighted by molar-refractivity contribution is -0.138. The van der Waals surface area contributed by atoms with Crippen molar-refractivity contribution in [1.82, 2.24) is 15.0 Å². The molecule has 2 rings (SSSR count). The van der Waals surface area contributed by atoms with Gasteiger partial charge in [-0.1, -0.05) is 5.16 Å². The van der Waals surface area contributed by atoms with E-state index in [4.69, 9.17) is 10.3 Å². The van der Waals surface area contributed by atoms with Crippen molar-refractivity contribution in [3.8, 4) is 0 Å². The molecule has 1 fully saturated rings. The van der Waals surface area contributed by atoms with Crippen LogP contribution in [0.2, 0.25) is 0 Å². The molecule has 0 bridgehead atoms. The molecule has 0 radical (unpaired) electrons. The molecule has 5 nitrogen and oxygen atoms in total. The first kappa shape index (κ1) is 17.2. The minimum Gasteiger partial charge on any atom is -0.338 e. The van der Waals surface area contributed by atoms with E-state index < -0.39 is 12.6 Å². The molecule has 9 heteroatoms. The van der Waals surface area contributed by atoms with Gasteiger partial charge in [0.05, 0.1) is 19.5 Å². The van der Waals surface area contributed by atoms with Crippen molar-refractivity contribution in [2.45, 2.75) is 38.5 Å². The van der Waals surface area contributed by atoms with Gasteiger partial charge in [0.15, 0.2) is 5.82 Å². The standard InChI is InChI=1S/C11H17F3N4O.ClH/c12-11(13,14)3-4-18(6-8-1-2-8)7-9-16-10(5-15)19-17-9;/h8H,1-7,15H2;1H. The maximum atomic E-state index is 12.3. The van der Waals surface area contributed by atoms with E-state index in [1.54, 1.807) is 4.90 Å². The molecule has 1 heterocycles. The van der Waals surface area contributed by atoms with Gasteiger partial charge in [-0.3, -0.25) is 4.90 Å². The maximum Gasteiger partial charge on any atom is 0.390 e. The van der Waals surface area contributed by atoms with Crippen LogP contribution >= 0.6 is 12.4 Å². The summed E-state index contributed by atoms with van der Waals surface area (Å²) in [6.07, 6.45) is -2.78. The van der Waals surface area contributed by atoms with Gasteiger partial charge in [-0.05, 0) is 18.8 Å². The van der Waals surface area contributed by atoms with E-state index in [1.165, 1.54) is 0 Å². The average molecular weight is 315 g/mol.